The van der Waals surface area contributed by atoms with E-state index in [9.17, 15) is 43.2 Å². The zero-order valence-electron chi connectivity index (χ0n) is 60.2. The smallest absolute Gasteiger partial charge is 0.462 e. The number of rotatable bonds is 75. The highest BCUT2D eigenvalue weighted by molar-refractivity contribution is 7.47. The molecule has 0 aromatic rings. The Balaban J connectivity index is 5.22. The second kappa shape index (κ2) is 68.6. The molecule has 2 unspecified atom stereocenters. The molecule has 19 heteroatoms. The molecular weight excluding hydrogens is 1220 g/mol. The Bertz CT molecular complexity index is 1770. The second-order valence-electron chi connectivity index (χ2n) is 26.7. The SMILES string of the molecule is CCCCCCCCCCCCCCCCCCCCC(=O)O[C@H](COC(=O)CCCCCCCCCCCCCCCC)COP(=O)(O)OC[C@@H](O)COP(=O)(O)OC[C@@H](COC(=O)CCCCCCCCCCC)OC(=O)CCCCCCCCCCCCCC. The molecule has 0 fully saturated rings. The minimum absolute atomic E-state index is 0.108. The van der Waals surface area contributed by atoms with E-state index in [2.05, 4.69) is 27.7 Å². The van der Waals surface area contributed by atoms with Crippen LogP contribution in [0.3, 0.4) is 0 Å². The van der Waals surface area contributed by atoms with Gasteiger partial charge in [0, 0.05) is 25.7 Å². The second-order valence-corrected chi connectivity index (χ2v) is 29.6. The van der Waals surface area contributed by atoms with E-state index in [4.69, 9.17) is 37.0 Å². The number of ether oxygens (including phenoxy) is 4. The van der Waals surface area contributed by atoms with E-state index in [1.807, 2.05) is 0 Å². The first kappa shape index (κ1) is 91.1. The van der Waals surface area contributed by atoms with Gasteiger partial charge in [0.05, 0.1) is 26.4 Å². The Morgan fingerprint density at radius 2 is 0.430 bits per heavy atom. The number of esters is 4. The predicted molar refractivity (Wildman–Crippen MR) is 377 cm³/mol. The number of phosphoric acid groups is 2. The molecule has 17 nitrogen and oxygen atoms in total. The summed E-state index contributed by atoms with van der Waals surface area (Å²) in [5.74, 6) is -2.11. The Kier molecular flexibility index (Phi) is 67.1. The summed E-state index contributed by atoms with van der Waals surface area (Å²) < 4.78 is 68.4. The summed E-state index contributed by atoms with van der Waals surface area (Å²) >= 11 is 0. The lowest BCUT2D eigenvalue weighted by molar-refractivity contribution is -0.161. The third-order valence-corrected chi connectivity index (χ3v) is 19.3. The first-order valence-corrected chi connectivity index (χ1v) is 41.8. The molecule has 0 saturated carbocycles. The van der Waals surface area contributed by atoms with Crippen molar-refractivity contribution < 1.29 is 80.2 Å². The zero-order valence-corrected chi connectivity index (χ0v) is 62.0. The van der Waals surface area contributed by atoms with Gasteiger partial charge in [0.2, 0.25) is 0 Å². The lowest BCUT2D eigenvalue weighted by atomic mass is 10.0. The molecule has 5 atom stereocenters. The van der Waals surface area contributed by atoms with Gasteiger partial charge in [-0.3, -0.25) is 37.3 Å². The number of carbonyl (C=O) groups is 4. The Morgan fingerprint density at radius 3 is 0.634 bits per heavy atom. The summed E-state index contributed by atoms with van der Waals surface area (Å²) in [4.78, 5) is 72.7. The van der Waals surface area contributed by atoms with Gasteiger partial charge in [0.1, 0.15) is 19.3 Å². The highest BCUT2D eigenvalue weighted by Gasteiger charge is 2.30. The molecule has 0 amide bonds. The van der Waals surface area contributed by atoms with Gasteiger partial charge in [0.25, 0.3) is 0 Å². The van der Waals surface area contributed by atoms with Crippen LogP contribution in [0.15, 0.2) is 0 Å². The van der Waals surface area contributed by atoms with Crippen LogP contribution < -0.4 is 0 Å². The fraction of sp³-hybridized carbons (Fsp3) is 0.946. The van der Waals surface area contributed by atoms with Crippen molar-refractivity contribution in [3.05, 3.63) is 0 Å². The van der Waals surface area contributed by atoms with Crippen LogP contribution in [0.2, 0.25) is 0 Å². The molecule has 0 aliphatic carbocycles. The molecule has 0 radical (unpaired) electrons. The maximum atomic E-state index is 13.1. The number of carbonyl (C=O) groups excluding carboxylic acids is 4. The molecule has 0 aromatic carbocycles. The Morgan fingerprint density at radius 1 is 0.258 bits per heavy atom. The maximum Gasteiger partial charge on any atom is 0.472 e. The van der Waals surface area contributed by atoms with Crippen molar-refractivity contribution >= 4 is 39.5 Å². The van der Waals surface area contributed by atoms with Crippen molar-refractivity contribution in [3.8, 4) is 0 Å². The summed E-state index contributed by atoms with van der Waals surface area (Å²) in [6.07, 6.45) is 58.1. The van der Waals surface area contributed by atoms with Gasteiger partial charge in [-0.1, -0.05) is 342 Å². The van der Waals surface area contributed by atoms with Crippen molar-refractivity contribution in [1.29, 1.82) is 0 Å². The topological polar surface area (TPSA) is 237 Å². The number of aliphatic hydroxyl groups is 1. The Labute approximate surface area is 568 Å². The molecule has 93 heavy (non-hydrogen) atoms. The van der Waals surface area contributed by atoms with E-state index in [1.54, 1.807) is 0 Å². The van der Waals surface area contributed by atoms with Crippen LogP contribution in [-0.4, -0.2) is 96.7 Å². The van der Waals surface area contributed by atoms with Crippen LogP contribution in [0.4, 0.5) is 0 Å². The summed E-state index contributed by atoms with van der Waals surface area (Å²) in [6.45, 7) is 4.97. The van der Waals surface area contributed by atoms with Crippen molar-refractivity contribution in [1.82, 2.24) is 0 Å². The van der Waals surface area contributed by atoms with E-state index >= 15 is 0 Å². The molecule has 0 aromatic heterocycles. The molecule has 0 heterocycles. The van der Waals surface area contributed by atoms with Crippen molar-refractivity contribution in [3.63, 3.8) is 0 Å². The summed E-state index contributed by atoms with van der Waals surface area (Å²) in [5.41, 5.74) is 0. The molecule has 3 N–H and O–H groups in total. The molecule has 0 spiro atoms. The summed E-state index contributed by atoms with van der Waals surface area (Å²) in [6, 6.07) is 0. The van der Waals surface area contributed by atoms with E-state index in [0.29, 0.717) is 25.7 Å². The molecule has 0 bridgehead atoms. The van der Waals surface area contributed by atoms with Gasteiger partial charge in [-0.2, -0.15) is 0 Å². The minimum atomic E-state index is -4.95. The average molecular weight is 1370 g/mol. The summed E-state index contributed by atoms with van der Waals surface area (Å²) in [7, 11) is -9.90. The van der Waals surface area contributed by atoms with Crippen LogP contribution in [0.25, 0.3) is 0 Å². The molecule has 0 aliphatic rings. The van der Waals surface area contributed by atoms with E-state index in [1.165, 1.54) is 225 Å². The van der Waals surface area contributed by atoms with Gasteiger partial charge < -0.3 is 33.8 Å². The number of hydrogen-bond donors (Lipinski definition) is 3. The Hall–Kier alpha value is -1.94. The lowest BCUT2D eigenvalue weighted by Gasteiger charge is -2.21. The maximum absolute atomic E-state index is 13.1. The first-order valence-electron chi connectivity index (χ1n) is 38.8. The van der Waals surface area contributed by atoms with Crippen molar-refractivity contribution in [2.24, 2.45) is 0 Å². The normalized spacial score (nSPS) is 13.9. The van der Waals surface area contributed by atoms with E-state index < -0.39 is 97.5 Å². The van der Waals surface area contributed by atoms with Gasteiger partial charge in [-0.25, -0.2) is 9.13 Å². The van der Waals surface area contributed by atoms with E-state index in [0.717, 1.165) is 89.9 Å². The van der Waals surface area contributed by atoms with Crippen molar-refractivity contribution in [2.75, 3.05) is 39.6 Å². The fourth-order valence-electron chi connectivity index (χ4n) is 11.4. The number of aliphatic hydroxyl groups excluding tert-OH is 1. The van der Waals surface area contributed by atoms with Crippen LogP contribution in [-0.2, 0) is 65.4 Å². The van der Waals surface area contributed by atoms with Crippen LogP contribution in [0.1, 0.15) is 394 Å². The predicted octanol–water partition coefficient (Wildman–Crippen LogP) is 21.8. The lowest BCUT2D eigenvalue weighted by Crippen LogP contribution is -2.30. The number of unbranched alkanes of at least 4 members (excludes halogenated alkanes) is 49. The molecule has 0 rings (SSSR count). The molecule has 0 aliphatic heterocycles. The average Bonchev–Trinajstić information content (AvgIpc) is 2.93. The largest absolute Gasteiger partial charge is 0.472 e. The molecule has 552 valence electrons. The van der Waals surface area contributed by atoms with Crippen LogP contribution in [0, 0.1) is 0 Å². The quantitative estimate of drug-likeness (QED) is 0.0222. The fourth-order valence-corrected chi connectivity index (χ4v) is 13.0. The van der Waals surface area contributed by atoms with Crippen LogP contribution in [0.5, 0.6) is 0 Å². The zero-order chi connectivity index (χ0) is 68.2. The third kappa shape index (κ3) is 68.4. The highest BCUT2D eigenvalue weighted by atomic mass is 31.2. The van der Waals surface area contributed by atoms with Gasteiger partial charge in [-0.05, 0) is 25.7 Å². The van der Waals surface area contributed by atoms with Crippen LogP contribution >= 0.6 is 15.6 Å². The van der Waals surface area contributed by atoms with Gasteiger partial charge >= 0.3 is 39.5 Å². The first-order chi connectivity index (χ1) is 45.2. The van der Waals surface area contributed by atoms with E-state index in [-0.39, 0.29) is 25.7 Å². The monoisotopic (exact) mass is 1370 g/mol. The van der Waals surface area contributed by atoms with Gasteiger partial charge in [-0.15, -0.1) is 0 Å². The van der Waals surface area contributed by atoms with Crippen molar-refractivity contribution in [2.45, 2.75) is 412 Å². The minimum Gasteiger partial charge on any atom is -0.462 e. The highest BCUT2D eigenvalue weighted by Crippen LogP contribution is 2.45. The number of hydrogen-bond acceptors (Lipinski definition) is 15. The summed E-state index contributed by atoms with van der Waals surface area (Å²) in [5, 5.41) is 10.6. The van der Waals surface area contributed by atoms with Gasteiger partial charge in [0.15, 0.2) is 12.2 Å². The number of phosphoric ester groups is 2. The standard InChI is InChI=1S/C74H144O17P2/c1-5-9-13-17-21-25-28-31-33-34-35-36-38-41-45-49-53-57-61-74(79)91-70(65-85-72(77)59-55-51-47-43-40-37-32-29-26-22-18-14-10-6-2)67-89-93(82,83)87-63-68(75)62-86-92(80,81)88-66-69(64-84-71(76)58-54-50-46-42-24-20-16-12-8-4)90-73(78)60-56-52-48-44-39-30-27-23-19-15-11-7-3/h68-70,75H,5-67H2,1-4H3,(H,80,81)(H,82,83)/t68-,69+,70+/m0/s1. The third-order valence-electron chi connectivity index (χ3n) is 17.4. The molecular formula is C74H144O17P2. The molecule has 0 saturated heterocycles.